The van der Waals surface area contributed by atoms with Gasteiger partial charge in [-0.2, -0.15) is 5.10 Å². The van der Waals surface area contributed by atoms with Crippen LogP contribution in [0.2, 0.25) is 0 Å². The molecule has 1 rings (SSSR count). The Balaban J connectivity index is 2.66. The number of aromatic nitrogens is 3. The highest BCUT2D eigenvalue weighted by Crippen LogP contribution is 2.18. The van der Waals surface area contributed by atoms with Gasteiger partial charge in [0.2, 0.25) is 0 Å². The molecule has 0 saturated carbocycles. The summed E-state index contributed by atoms with van der Waals surface area (Å²) in [6.07, 6.45) is 2.51. The zero-order valence-electron chi connectivity index (χ0n) is 8.74. The quantitative estimate of drug-likeness (QED) is 0.686. The van der Waals surface area contributed by atoms with Crippen LogP contribution in [0, 0.1) is 5.41 Å². The van der Waals surface area contributed by atoms with Gasteiger partial charge in [-0.1, -0.05) is 20.8 Å². The van der Waals surface area contributed by atoms with E-state index in [0.29, 0.717) is 6.54 Å². The first-order chi connectivity index (χ1) is 5.90. The number of aryl methyl sites for hydroxylation is 2. The fraction of sp³-hybridized carbons (Fsp3) is 0.778. The van der Waals surface area contributed by atoms with Gasteiger partial charge in [0, 0.05) is 13.6 Å². The molecule has 0 radical (unpaired) electrons. The Morgan fingerprint density at radius 3 is 2.46 bits per heavy atom. The van der Waals surface area contributed by atoms with Crippen molar-refractivity contribution in [2.75, 3.05) is 0 Å². The summed E-state index contributed by atoms with van der Waals surface area (Å²) >= 11 is 0. The van der Waals surface area contributed by atoms with E-state index in [1.807, 2.05) is 0 Å². The third-order valence-corrected chi connectivity index (χ3v) is 1.96. The van der Waals surface area contributed by atoms with Gasteiger partial charge in [0.1, 0.15) is 6.33 Å². The van der Waals surface area contributed by atoms with Crippen molar-refractivity contribution >= 4 is 0 Å². The van der Waals surface area contributed by atoms with Crippen molar-refractivity contribution in [2.24, 2.45) is 12.5 Å². The molecule has 0 bridgehead atoms. The Kier molecular flexibility index (Phi) is 2.59. The third-order valence-electron chi connectivity index (χ3n) is 1.96. The van der Waals surface area contributed by atoms with Crippen LogP contribution >= 0.6 is 0 Å². The molecule has 0 unspecified atom stereocenters. The maximum Gasteiger partial charge on any atom is 0.345 e. The fourth-order valence-electron chi connectivity index (χ4n) is 1.02. The van der Waals surface area contributed by atoms with Gasteiger partial charge in [-0.05, 0) is 11.8 Å². The summed E-state index contributed by atoms with van der Waals surface area (Å²) in [7, 11) is 1.71. The van der Waals surface area contributed by atoms with E-state index in [0.717, 1.165) is 6.42 Å². The Bertz CT molecular complexity index is 329. The Morgan fingerprint density at radius 1 is 1.46 bits per heavy atom. The van der Waals surface area contributed by atoms with Crippen molar-refractivity contribution in [1.82, 2.24) is 14.3 Å². The van der Waals surface area contributed by atoms with Gasteiger partial charge in [-0.15, -0.1) is 0 Å². The Labute approximate surface area is 78.2 Å². The minimum absolute atomic E-state index is 0.0377. The Morgan fingerprint density at radius 2 is 2.08 bits per heavy atom. The second-order valence-corrected chi connectivity index (χ2v) is 4.56. The predicted molar refractivity (Wildman–Crippen MR) is 51.5 cm³/mol. The van der Waals surface area contributed by atoms with E-state index in [9.17, 15) is 4.79 Å². The van der Waals surface area contributed by atoms with E-state index >= 15 is 0 Å². The highest BCUT2D eigenvalue weighted by Gasteiger charge is 2.11. The SMILES string of the molecule is Cn1cnn(CCC(C)(C)C)c1=O. The fourth-order valence-corrected chi connectivity index (χ4v) is 1.02. The molecule has 74 valence electrons. The lowest BCUT2D eigenvalue weighted by atomic mass is 9.92. The molecule has 0 aliphatic rings. The van der Waals surface area contributed by atoms with Crippen LogP contribution in [0.4, 0.5) is 0 Å². The van der Waals surface area contributed by atoms with Gasteiger partial charge in [-0.25, -0.2) is 9.48 Å². The molecular weight excluding hydrogens is 166 g/mol. The summed E-state index contributed by atoms with van der Waals surface area (Å²) in [6, 6.07) is 0. The van der Waals surface area contributed by atoms with Gasteiger partial charge in [0.25, 0.3) is 0 Å². The molecule has 0 amide bonds. The first-order valence-corrected chi connectivity index (χ1v) is 4.48. The molecule has 0 atom stereocenters. The average molecular weight is 183 g/mol. The lowest BCUT2D eigenvalue weighted by Crippen LogP contribution is -2.24. The van der Waals surface area contributed by atoms with E-state index < -0.39 is 0 Å². The molecule has 4 nitrogen and oxygen atoms in total. The smallest absolute Gasteiger partial charge is 0.285 e. The third kappa shape index (κ3) is 2.72. The van der Waals surface area contributed by atoms with Crippen LogP contribution in [0.15, 0.2) is 11.1 Å². The molecule has 0 fully saturated rings. The van der Waals surface area contributed by atoms with Crippen molar-refractivity contribution in [3.05, 3.63) is 16.8 Å². The van der Waals surface area contributed by atoms with E-state index in [-0.39, 0.29) is 11.1 Å². The molecule has 0 aliphatic carbocycles. The topological polar surface area (TPSA) is 39.8 Å². The largest absolute Gasteiger partial charge is 0.345 e. The zero-order chi connectivity index (χ0) is 10.1. The maximum atomic E-state index is 11.3. The number of nitrogens with zero attached hydrogens (tertiary/aromatic N) is 3. The van der Waals surface area contributed by atoms with Crippen molar-refractivity contribution in [1.29, 1.82) is 0 Å². The average Bonchev–Trinajstić information content (AvgIpc) is 2.29. The lowest BCUT2D eigenvalue weighted by molar-refractivity contribution is 0.337. The summed E-state index contributed by atoms with van der Waals surface area (Å²) in [5.41, 5.74) is 0.209. The number of rotatable bonds is 2. The maximum absolute atomic E-state index is 11.3. The van der Waals surface area contributed by atoms with Crippen molar-refractivity contribution in [2.45, 2.75) is 33.7 Å². The van der Waals surface area contributed by atoms with E-state index in [1.165, 1.54) is 9.25 Å². The van der Waals surface area contributed by atoms with E-state index in [4.69, 9.17) is 0 Å². The minimum atomic E-state index is -0.0377. The first kappa shape index (κ1) is 10.0. The molecule has 13 heavy (non-hydrogen) atoms. The number of hydrogen-bond acceptors (Lipinski definition) is 2. The zero-order valence-corrected chi connectivity index (χ0v) is 8.74. The van der Waals surface area contributed by atoms with Gasteiger partial charge in [0.15, 0.2) is 0 Å². The molecule has 0 aliphatic heterocycles. The van der Waals surface area contributed by atoms with Crippen molar-refractivity contribution in [3.8, 4) is 0 Å². The molecule has 4 heteroatoms. The van der Waals surface area contributed by atoms with E-state index in [2.05, 4.69) is 25.9 Å². The number of hydrogen-bond donors (Lipinski definition) is 0. The molecule has 1 aromatic rings. The monoisotopic (exact) mass is 183 g/mol. The molecule has 0 spiro atoms. The van der Waals surface area contributed by atoms with Gasteiger partial charge >= 0.3 is 5.69 Å². The highest BCUT2D eigenvalue weighted by molar-refractivity contribution is 4.67. The summed E-state index contributed by atoms with van der Waals surface area (Å²) in [5, 5.41) is 3.99. The Hall–Kier alpha value is -1.06. The minimum Gasteiger partial charge on any atom is -0.285 e. The van der Waals surface area contributed by atoms with Crippen LogP contribution in [-0.4, -0.2) is 14.3 Å². The predicted octanol–water partition coefficient (Wildman–Crippen LogP) is 1.02. The summed E-state index contributed by atoms with van der Waals surface area (Å²) < 4.78 is 2.99. The van der Waals surface area contributed by atoms with Crippen LogP contribution in [0.3, 0.4) is 0 Å². The van der Waals surface area contributed by atoms with Crippen LogP contribution in [0.5, 0.6) is 0 Å². The lowest BCUT2D eigenvalue weighted by Gasteiger charge is -2.16. The second-order valence-electron chi connectivity index (χ2n) is 4.56. The molecule has 0 aromatic carbocycles. The van der Waals surface area contributed by atoms with Gasteiger partial charge in [0.05, 0.1) is 0 Å². The molecule has 0 N–H and O–H groups in total. The molecule has 1 aromatic heterocycles. The summed E-state index contributed by atoms with van der Waals surface area (Å²) in [4.78, 5) is 11.3. The van der Waals surface area contributed by atoms with Crippen LogP contribution in [0.1, 0.15) is 27.2 Å². The highest BCUT2D eigenvalue weighted by atomic mass is 16.2. The standard InChI is InChI=1S/C9H17N3O/c1-9(2,3)5-6-12-8(13)11(4)7-10-12/h7H,5-6H2,1-4H3. The van der Waals surface area contributed by atoms with Gasteiger partial charge in [-0.3, -0.25) is 4.57 Å². The first-order valence-electron chi connectivity index (χ1n) is 4.48. The van der Waals surface area contributed by atoms with Gasteiger partial charge < -0.3 is 0 Å². The summed E-state index contributed by atoms with van der Waals surface area (Å²) in [5.74, 6) is 0. The van der Waals surface area contributed by atoms with Crippen LogP contribution in [0.25, 0.3) is 0 Å². The molecule has 0 saturated heterocycles. The van der Waals surface area contributed by atoms with Crippen molar-refractivity contribution < 1.29 is 0 Å². The molecular formula is C9H17N3O. The van der Waals surface area contributed by atoms with E-state index in [1.54, 1.807) is 13.4 Å². The van der Waals surface area contributed by atoms with Crippen molar-refractivity contribution in [3.63, 3.8) is 0 Å². The normalized spacial score (nSPS) is 12.0. The van der Waals surface area contributed by atoms with Crippen LogP contribution in [-0.2, 0) is 13.6 Å². The molecule has 1 heterocycles. The summed E-state index contributed by atoms with van der Waals surface area (Å²) in [6.45, 7) is 7.16. The second kappa shape index (κ2) is 3.36. The van der Waals surface area contributed by atoms with Crippen LogP contribution < -0.4 is 5.69 Å².